The Balaban J connectivity index is 1.33. The largest absolute Gasteiger partial charge is 0.475 e. The summed E-state index contributed by atoms with van der Waals surface area (Å²) in [5.41, 5.74) is 6.65. The van der Waals surface area contributed by atoms with Crippen molar-refractivity contribution in [2.45, 2.75) is 37.8 Å². The Kier molecular flexibility index (Phi) is 6.94. The third-order valence-corrected chi connectivity index (χ3v) is 8.13. The molecule has 0 aliphatic carbocycles. The van der Waals surface area contributed by atoms with Gasteiger partial charge in [0.1, 0.15) is 11.4 Å². The number of fused-ring (bicyclic) bond motifs is 1. The number of amides is 2. The number of piperidine rings is 1. The molecular weight excluding hydrogens is 484 g/mol. The van der Waals surface area contributed by atoms with Crippen LogP contribution < -0.4 is 15.4 Å². The van der Waals surface area contributed by atoms with Crippen LogP contribution in [0.2, 0.25) is 0 Å². The summed E-state index contributed by atoms with van der Waals surface area (Å²) >= 11 is 2.70. The average molecular weight is 511 g/mol. The molecule has 5 rings (SSSR count). The number of primary amides is 1. The van der Waals surface area contributed by atoms with Crippen LogP contribution >= 0.6 is 22.7 Å². The second-order valence-electron chi connectivity index (χ2n) is 8.65. The number of ether oxygens (including phenoxy) is 1. The van der Waals surface area contributed by atoms with E-state index in [1.807, 2.05) is 23.6 Å². The lowest BCUT2D eigenvalue weighted by molar-refractivity contribution is -0.124. The molecule has 0 bridgehead atoms. The number of nitrogens with zero attached hydrogens (tertiary/aromatic N) is 3. The van der Waals surface area contributed by atoms with E-state index in [1.165, 1.54) is 22.7 Å². The van der Waals surface area contributed by atoms with Gasteiger partial charge in [-0.2, -0.15) is 0 Å². The SMILES string of the molecule is NC(=O)C1CCCCN1CCCN(C(=O)c1cccs1)c1nc(C2Oc3ccccc3C2=O)cs1. The molecule has 2 atom stereocenters. The number of benzene rings is 1. The van der Waals surface area contributed by atoms with Gasteiger partial charge in [-0.15, -0.1) is 22.7 Å². The highest BCUT2D eigenvalue weighted by molar-refractivity contribution is 7.14. The quantitative estimate of drug-likeness (QED) is 0.493. The van der Waals surface area contributed by atoms with Gasteiger partial charge in [-0.1, -0.05) is 24.6 Å². The number of hydrogen-bond donors (Lipinski definition) is 1. The van der Waals surface area contributed by atoms with Gasteiger partial charge in [0.25, 0.3) is 5.91 Å². The van der Waals surface area contributed by atoms with Gasteiger partial charge in [0.05, 0.1) is 16.5 Å². The number of hydrogen-bond acceptors (Lipinski definition) is 8. The molecule has 1 aromatic carbocycles. The summed E-state index contributed by atoms with van der Waals surface area (Å²) in [4.78, 5) is 47.1. The van der Waals surface area contributed by atoms with Crippen LogP contribution in [-0.4, -0.2) is 53.2 Å². The fourth-order valence-electron chi connectivity index (χ4n) is 4.64. The van der Waals surface area contributed by atoms with Gasteiger partial charge >= 0.3 is 0 Å². The Bertz CT molecular complexity index is 1230. The molecule has 3 aromatic rings. The zero-order chi connectivity index (χ0) is 24.4. The van der Waals surface area contributed by atoms with Gasteiger partial charge in [-0.05, 0) is 49.4 Å². The van der Waals surface area contributed by atoms with Crippen molar-refractivity contribution in [2.75, 3.05) is 24.5 Å². The van der Waals surface area contributed by atoms with Crippen LogP contribution in [0.3, 0.4) is 0 Å². The molecule has 2 aromatic heterocycles. The number of Topliss-reactive ketones (excluding diaryl/α,β-unsaturated/α-hetero) is 1. The van der Waals surface area contributed by atoms with Crippen LogP contribution in [0.5, 0.6) is 5.75 Å². The van der Waals surface area contributed by atoms with Crippen LogP contribution in [0, 0.1) is 0 Å². The van der Waals surface area contributed by atoms with Crippen LogP contribution in [0.4, 0.5) is 5.13 Å². The molecule has 0 saturated carbocycles. The van der Waals surface area contributed by atoms with Crippen molar-refractivity contribution in [3.8, 4) is 5.75 Å². The topological polar surface area (TPSA) is 106 Å². The molecule has 182 valence electrons. The van der Waals surface area contributed by atoms with E-state index < -0.39 is 6.10 Å². The molecule has 10 heteroatoms. The Morgan fingerprint density at radius 3 is 2.80 bits per heavy atom. The van der Waals surface area contributed by atoms with Crippen LogP contribution in [0.1, 0.15) is 57.5 Å². The van der Waals surface area contributed by atoms with Gasteiger partial charge in [-0.3, -0.25) is 24.2 Å². The highest BCUT2D eigenvalue weighted by atomic mass is 32.1. The Morgan fingerprint density at radius 1 is 1.17 bits per heavy atom. The van der Waals surface area contributed by atoms with Crippen LogP contribution in [0.25, 0.3) is 0 Å². The standard InChI is InChI=1S/C25H26N4O4S2/c26-23(31)18-8-3-4-11-28(18)12-6-13-29(24(32)20-10-5-14-34-20)25-27-17(15-35-25)22-21(30)16-7-1-2-9-19(16)33-22/h1-2,5,7,9-10,14-15,18,22H,3-4,6,8,11-13H2,(H2,26,31). The summed E-state index contributed by atoms with van der Waals surface area (Å²) in [6, 6.07) is 10.5. The van der Waals surface area contributed by atoms with Crippen molar-refractivity contribution in [3.05, 3.63) is 63.3 Å². The van der Waals surface area contributed by atoms with Crippen molar-refractivity contribution in [1.82, 2.24) is 9.88 Å². The number of para-hydroxylation sites is 1. The average Bonchev–Trinajstić information content (AvgIpc) is 3.63. The van der Waals surface area contributed by atoms with E-state index in [4.69, 9.17) is 10.5 Å². The molecule has 2 N–H and O–H groups in total. The molecular formula is C25H26N4O4S2. The second kappa shape index (κ2) is 10.3. The summed E-state index contributed by atoms with van der Waals surface area (Å²) in [6.45, 7) is 1.93. The molecule has 2 unspecified atom stereocenters. The monoisotopic (exact) mass is 510 g/mol. The minimum atomic E-state index is -0.805. The molecule has 2 aliphatic heterocycles. The maximum Gasteiger partial charge on any atom is 0.270 e. The predicted octanol–water partition coefficient (Wildman–Crippen LogP) is 3.90. The van der Waals surface area contributed by atoms with Crippen LogP contribution in [0.15, 0.2) is 47.2 Å². The summed E-state index contributed by atoms with van der Waals surface area (Å²) in [6.07, 6.45) is 2.68. The maximum atomic E-state index is 13.4. The van der Waals surface area contributed by atoms with E-state index in [0.29, 0.717) is 46.5 Å². The van der Waals surface area contributed by atoms with Gasteiger partial charge < -0.3 is 10.5 Å². The Hall–Kier alpha value is -3.08. The maximum absolute atomic E-state index is 13.4. The molecule has 0 radical (unpaired) electrons. The zero-order valence-corrected chi connectivity index (χ0v) is 20.7. The number of anilines is 1. The lowest BCUT2D eigenvalue weighted by atomic mass is 10.0. The molecule has 1 fully saturated rings. The Morgan fingerprint density at radius 2 is 2.03 bits per heavy atom. The number of aromatic nitrogens is 1. The van der Waals surface area contributed by atoms with Gasteiger partial charge in [0.2, 0.25) is 17.8 Å². The van der Waals surface area contributed by atoms with E-state index in [-0.39, 0.29) is 23.6 Å². The fraction of sp³-hybridized carbons (Fsp3) is 0.360. The predicted molar refractivity (Wildman–Crippen MR) is 135 cm³/mol. The number of likely N-dealkylation sites (tertiary alicyclic amines) is 1. The normalized spacial score (nSPS) is 19.8. The van der Waals surface area contributed by atoms with E-state index in [2.05, 4.69) is 9.88 Å². The number of ketones is 1. The van der Waals surface area contributed by atoms with Crippen molar-refractivity contribution in [1.29, 1.82) is 0 Å². The highest BCUT2D eigenvalue weighted by Gasteiger charge is 2.36. The zero-order valence-electron chi connectivity index (χ0n) is 19.1. The van der Waals surface area contributed by atoms with E-state index in [0.717, 1.165) is 25.8 Å². The van der Waals surface area contributed by atoms with Gasteiger partial charge in [-0.25, -0.2) is 4.98 Å². The molecule has 0 spiro atoms. The molecule has 4 heterocycles. The third kappa shape index (κ3) is 4.86. The van der Waals surface area contributed by atoms with Crippen molar-refractivity contribution < 1.29 is 19.1 Å². The second-order valence-corrected chi connectivity index (χ2v) is 10.4. The number of thiophene rings is 1. The Labute approximate surface area is 211 Å². The third-order valence-electron chi connectivity index (χ3n) is 6.39. The fourth-order valence-corrected chi connectivity index (χ4v) is 6.17. The smallest absolute Gasteiger partial charge is 0.270 e. The van der Waals surface area contributed by atoms with Crippen molar-refractivity contribution in [3.63, 3.8) is 0 Å². The number of thiazole rings is 1. The highest BCUT2D eigenvalue weighted by Crippen LogP contribution is 2.38. The summed E-state index contributed by atoms with van der Waals surface area (Å²) < 4.78 is 5.87. The molecule has 35 heavy (non-hydrogen) atoms. The van der Waals surface area contributed by atoms with E-state index in [9.17, 15) is 14.4 Å². The van der Waals surface area contributed by atoms with Gasteiger partial charge in [0.15, 0.2) is 5.13 Å². The van der Waals surface area contributed by atoms with E-state index >= 15 is 0 Å². The van der Waals surface area contributed by atoms with Crippen molar-refractivity contribution >= 4 is 45.4 Å². The lowest BCUT2D eigenvalue weighted by Crippen LogP contribution is -2.48. The summed E-state index contributed by atoms with van der Waals surface area (Å²) in [5, 5.41) is 4.18. The molecule has 8 nitrogen and oxygen atoms in total. The molecule has 2 amide bonds. The first-order chi connectivity index (χ1) is 17.0. The number of carbonyl (C=O) groups is 3. The minimum Gasteiger partial charge on any atom is -0.475 e. The van der Waals surface area contributed by atoms with Gasteiger partial charge in [0, 0.05) is 18.5 Å². The first-order valence-corrected chi connectivity index (χ1v) is 13.4. The van der Waals surface area contributed by atoms with E-state index in [1.54, 1.807) is 28.5 Å². The van der Waals surface area contributed by atoms with Crippen LogP contribution in [-0.2, 0) is 4.79 Å². The lowest BCUT2D eigenvalue weighted by Gasteiger charge is -2.34. The minimum absolute atomic E-state index is 0.129. The number of nitrogens with two attached hydrogens (primary N) is 1. The summed E-state index contributed by atoms with van der Waals surface area (Å²) in [5.74, 6) is 0.00115. The summed E-state index contributed by atoms with van der Waals surface area (Å²) in [7, 11) is 0. The van der Waals surface area contributed by atoms with Crippen molar-refractivity contribution in [2.24, 2.45) is 5.73 Å². The number of carbonyl (C=O) groups excluding carboxylic acids is 3. The molecule has 1 saturated heterocycles. The molecule has 2 aliphatic rings. The first-order valence-electron chi connectivity index (χ1n) is 11.7. The first kappa shape index (κ1) is 23.7. The number of rotatable bonds is 8.